The lowest BCUT2D eigenvalue weighted by atomic mass is 10.1. The van der Waals surface area contributed by atoms with Gasteiger partial charge in [-0.3, -0.25) is 4.98 Å². The normalized spacial score (nSPS) is 11.8. The summed E-state index contributed by atoms with van der Waals surface area (Å²) >= 11 is 0. The lowest BCUT2D eigenvalue weighted by Crippen LogP contribution is -2.34. The molecule has 0 bridgehead atoms. The third-order valence-electron chi connectivity index (χ3n) is 3.00. The van der Waals surface area contributed by atoms with Crippen LogP contribution in [0, 0.1) is 0 Å². The minimum Gasteiger partial charge on any atom is -0.467 e. The highest BCUT2D eigenvalue weighted by Gasteiger charge is 2.09. The molecule has 2 heterocycles. The van der Waals surface area contributed by atoms with Crippen molar-refractivity contribution in [3.8, 4) is 0 Å². The van der Waals surface area contributed by atoms with Gasteiger partial charge in [-0.05, 0) is 39.0 Å². The van der Waals surface area contributed by atoms with Crippen LogP contribution < -0.4 is 5.32 Å². The van der Waals surface area contributed by atoms with Gasteiger partial charge in [0.1, 0.15) is 12.4 Å². The maximum Gasteiger partial charge on any atom is 0.129 e. The molecule has 0 saturated heterocycles. The van der Waals surface area contributed by atoms with Gasteiger partial charge in [0.25, 0.3) is 0 Å². The summed E-state index contributed by atoms with van der Waals surface area (Å²) in [6.45, 7) is 8.40. The predicted molar refractivity (Wildman–Crippen MR) is 82.9 cm³/mol. The Labute approximate surface area is 126 Å². The zero-order valence-electron chi connectivity index (χ0n) is 13.1. The Morgan fingerprint density at radius 1 is 1.29 bits per heavy atom. The largest absolute Gasteiger partial charge is 0.467 e. The third kappa shape index (κ3) is 6.10. The summed E-state index contributed by atoms with van der Waals surface area (Å²) in [7, 11) is 0. The van der Waals surface area contributed by atoms with Crippen molar-refractivity contribution >= 4 is 0 Å². The second-order valence-electron chi connectivity index (χ2n) is 6.15. The minimum atomic E-state index is 0.108. The number of nitrogens with zero attached hydrogens (tertiary/aromatic N) is 1. The van der Waals surface area contributed by atoms with Crippen molar-refractivity contribution < 1.29 is 9.15 Å². The van der Waals surface area contributed by atoms with Gasteiger partial charge in [-0.25, -0.2) is 0 Å². The zero-order valence-corrected chi connectivity index (χ0v) is 13.1. The summed E-state index contributed by atoms with van der Waals surface area (Å²) in [6, 6.07) is 7.95. The topological polar surface area (TPSA) is 47.3 Å². The van der Waals surface area contributed by atoms with E-state index in [0.29, 0.717) is 13.2 Å². The molecule has 0 amide bonds. The van der Waals surface area contributed by atoms with Crippen molar-refractivity contribution in [1.29, 1.82) is 0 Å². The molecule has 21 heavy (non-hydrogen) atoms. The van der Waals surface area contributed by atoms with Crippen molar-refractivity contribution in [2.24, 2.45) is 0 Å². The molecule has 0 unspecified atom stereocenters. The van der Waals surface area contributed by atoms with E-state index in [4.69, 9.17) is 9.15 Å². The second kappa shape index (κ2) is 7.38. The van der Waals surface area contributed by atoms with Crippen LogP contribution in [0.5, 0.6) is 0 Å². The number of pyridine rings is 1. The van der Waals surface area contributed by atoms with E-state index >= 15 is 0 Å². The Balaban J connectivity index is 1.68. The Morgan fingerprint density at radius 3 is 2.86 bits per heavy atom. The monoisotopic (exact) mass is 288 g/mol. The fraction of sp³-hybridized carbons (Fsp3) is 0.471. The molecule has 2 rings (SSSR count). The molecule has 4 heteroatoms. The van der Waals surface area contributed by atoms with Crippen LogP contribution in [0.25, 0.3) is 0 Å². The Morgan fingerprint density at radius 2 is 2.14 bits per heavy atom. The average Bonchev–Trinajstić information content (AvgIpc) is 2.90. The number of ether oxygens (including phenoxy) is 1. The minimum absolute atomic E-state index is 0.108. The van der Waals surface area contributed by atoms with E-state index < -0.39 is 0 Å². The highest BCUT2D eigenvalue weighted by molar-refractivity contribution is 5.12. The van der Waals surface area contributed by atoms with Crippen LogP contribution in [0.2, 0.25) is 0 Å². The molecular weight excluding hydrogens is 264 g/mol. The van der Waals surface area contributed by atoms with Crippen molar-refractivity contribution in [1.82, 2.24) is 10.3 Å². The molecule has 2 aromatic heterocycles. The molecule has 2 aromatic rings. The molecule has 0 aliphatic heterocycles. The van der Waals surface area contributed by atoms with Gasteiger partial charge in [0.05, 0.1) is 12.9 Å². The summed E-state index contributed by atoms with van der Waals surface area (Å²) in [5, 5.41) is 3.43. The number of rotatable bonds is 7. The molecule has 1 N–H and O–H groups in total. The molecule has 0 radical (unpaired) electrons. The number of nitrogens with one attached hydrogen (secondary N) is 1. The van der Waals surface area contributed by atoms with Crippen LogP contribution in [0.3, 0.4) is 0 Å². The number of aromatic nitrogens is 1. The second-order valence-corrected chi connectivity index (χ2v) is 6.15. The molecule has 0 spiro atoms. The number of hydrogen-bond acceptors (Lipinski definition) is 4. The van der Waals surface area contributed by atoms with Crippen LogP contribution in [-0.4, -0.2) is 17.1 Å². The highest BCUT2D eigenvalue weighted by Crippen LogP contribution is 2.11. The van der Waals surface area contributed by atoms with E-state index in [2.05, 4.69) is 31.1 Å². The number of hydrogen-bond donors (Lipinski definition) is 1. The molecule has 0 fully saturated rings. The first-order chi connectivity index (χ1) is 10.0. The van der Waals surface area contributed by atoms with Gasteiger partial charge in [-0.2, -0.15) is 0 Å². The molecular formula is C17H24N2O2. The van der Waals surface area contributed by atoms with Crippen molar-refractivity contribution in [3.63, 3.8) is 0 Å². The van der Waals surface area contributed by atoms with Crippen molar-refractivity contribution in [3.05, 3.63) is 53.7 Å². The van der Waals surface area contributed by atoms with Gasteiger partial charge >= 0.3 is 0 Å². The van der Waals surface area contributed by atoms with Crippen LogP contribution in [-0.2, 0) is 24.3 Å². The van der Waals surface area contributed by atoms with Crippen LogP contribution in [0.1, 0.15) is 37.8 Å². The Kier molecular flexibility index (Phi) is 5.53. The summed E-state index contributed by atoms with van der Waals surface area (Å²) in [5.41, 5.74) is 2.30. The Bertz CT molecular complexity index is 529. The maximum atomic E-state index is 5.63. The fourth-order valence-corrected chi connectivity index (χ4v) is 1.86. The number of furan rings is 1. The fourth-order valence-electron chi connectivity index (χ4n) is 1.86. The average molecular weight is 288 g/mol. The van der Waals surface area contributed by atoms with Crippen molar-refractivity contribution in [2.45, 2.75) is 45.9 Å². The van der Waals surface area contributed by atoms with Crippen LogP contribution in [0.4, 0.5) is 0 Å². The summed E-state index contributed by atoms with van der Waals surface area (Å²) in [5.74, 6) is 0.863. The SMILES string of the molecule is CC(C)(C)NCc1coc(COCCc2ccccn2)c1. The van der Waals surface area contributed by atoms with E-state index in [1.807, 2.05) is 24.3 Å². The quantitative estimate of drug-likeness (QED) is 0.794. The van der Waals surface area contributed by atoms with Gasteiger partial charge in [-0.15, -0.1) is 0 Å². The molecule has 114 valence electrons. The molecule has 0 aliphatic rings. The molecule has 0 atom stereocenters. The van der Waals surface area contributed by atoms with E-state index in [-0.39, 0.29) is 5.54 Å². The zero-order chi connectivity index (χ0) is 15.1. The van der Waals surface area contributed by atoms with Crippen molar-refractivity contribution in [2.75, 3.05) is 6.61 Å². The molecule has 4 nitrogen and oxygen atoms in total. The van der Waals surface area contributed by atoms with Gasteiger partial charge in [-0.1, -0.05) is 6.07 Å². The summed E-state index contributed by atoms with van der Waals surface area (Å²) < 4.78 is 11.1. The van der Waals surface area contributed by atoms with E-state index in [1.54, 1.807) is 12.5 Å². The summed E-state index contributed by atoms with van der Waals surface area (Å²) in [4.78, 5) is 4.26. The van der Waals surface area contributed by atoms with Gasteiger partial charge in [0.15, 0.2) is 0 Å². The lowest BCUT2D eigenvalue weighted by molar-refractivity contribution is 0.108. The predicted octanol–water partition coefficient (Wildman–Crippen LogP) is 3.32. The lowest BCUT2D eigenvalue weighted by Gasteiger charge is -2.19. The third-order valence-corrected chi connectivity index (χ3v) is 3.00. The first-order valence-electron chi connectivity index (χ1n) is 7.32. The van der Waals surface area contributed by atoms with Crippen LogP contribution in [0.15, 0.2) is 41.1 Å². The molecule has 0 aromatic carbocycles. The van der Waals surface area contributed by atoms with Crippen LogP contribution >= 0.6 is 0 Å². The maximum absolute atomic E-state index is 5.63. The van der Waals surface area contributed by atoms with E-state index in [1.165, 1.54) is 0 Å². The van der Waals surface area contributed by atoms with E-state index in [0.717, 1.165) is 30.0 Å². The standard InChI is InChI=1S/C17H24N2O2/c1-17(2,3)19-11-14-10-16(21-12-14)13-20-9-7-15-6-4-5-8-18-15/h4-6,8,10,12,19H,7,9,11,13H2,1-3H3. The molecule has 0 aliphatic carbocycles. The first kappa shape index (κ1) is 15.7. The Hall–Kier alpha value is -1.65. The first-order valence-corrected chi connectivity index (χ1v) is 7.32. The smallest absolute Gasteiger partial charge is 0.129 e. The van der Waals surface area contributed by atoms with Gasteiger partial charge in [0.2, 0.25) is 0 Å². The van der Waals surface area contributed by atoms with E-state index in [9.17, 15) is 0 Å². The summed E-state index contributed by atoms with van der Waals surface area (Å²) in [6.07, 6.45) is 4.41. The molecule has 0 saturated carbocycles. The highest BCUT2D eigenvalue weighted by atomic mass is 16.5. The van der Waals surface area contributed by atoms with Gasteiger partial charge in [0, 0.05) is 36.0 Å². The van der Waals surface area contributed by atoms with Gasteiger partial charge < -0.3 is 14.5 Å².